The molecule has 0 amide bonds. The van der Waals surface area contributed by atoms with Crippen molar-refractivity contribution in [3.8, 4) is 0 Å². The zero-order valence-electron chi connectivity index (χ0n) is 11.0. The second kappa shape index (κ2) is 11.4. The quantitative estimate of drug-likeness (QED) is 0.392. The summed E-state index contributed by atoms with van der Waals surface area (Å²) < 4.78 is 0. The third kappa shape index (κ3) is 7.22. The summed E-state index contributed by atoms with van der Waals surface area (Å²) in [6.45, 7) is 17.5. The van der Waals surface area contributed by atoms with Gasteiger partial charge in [-0.1, -0.05) is 24.3 Å². The Balaban J connectivity index is 4.79. The Labute approximate surface area is 110 Å². The van der Waals surface area contributed by atoms with Gasteiger partial charge in [-0.3, -0.25) is 0 Å². The fourth-order valence-electron chi connectivity index (χ4n) is 1.18. The molecule has 0 aromatic carbocycles. The maximum atomic E-state index is 3.69. The van der Waals surface area contributed by atoms with Gasteiger partial charge in [0, 0.05) is 26.2 Å². The van der Waals surface area contributed by atoms with Crippen molar-refractivity contribution in [3.63, 3.8) is 0 Å². The zero-order valence-corrected chi connectivity index (χ0v) is 11.0. The fourth-order valence-corrected chi connectivity index (χ4v) is 1.18. The average molecular weight is 248 g/mol. The third-order valence-corrected chi connectivity index (χ3v) is 1.94. The molecule has 0 bridgehead atoms. The van der Waals surface area contributed by atoms with Gasteiger partial charge in [0.05, 0.1) is 0 Å². The van der Waals surface area contributed by atoms with Gasteiger partial charge in [-0.2, -0.15) is 0 Å². The van der Waals surface area contributed by atoms with Crippen LogP contribution in [0.25, 0.3) is 0 Å². The summed E-state index contributed by atoms with van der Waals surface area (Å²) in [5.74, 6) is 1.75. The molecule has 0 heterocycles. The molecule has 4 heteroatoms. The molecule has 0 fully saturated rings. The Hall–Kier alpha value is -2.10. The lowest BCUT2D eigenvalue weighted by Gasteiger charge is -2.19. The Kier molecular flexibility index (Phi) is 10.1. The van der Waals surface area contributed by atoms with E-state index < -0.39 is 0 Å². The average Bonchev–Trinajstić information content (AvgIpc) is 2.40. The van der Waals surface area contributed by atoms with E-state index in [0.717, 1.165) is 11.6 Å². The minimum atomic E-state index is 0.675. The van der Waals surface area contributed by atoms with Crippen LogP contribution in [0.3, 0.4) is 0 Å². The Morgan fingerprint density at radius 3 is 0.944 bits per heavy atom. The van der Waals surface area contributed by atoms with E-state index in [4.69, 9.17) is 0 Å². The van der Waals surface area contributed by atoms with Crippen molar-refractivity contribution < 1.29 is 0 Å². The first-order chi connectivity index (χ1) is 8.79. The lowest BCUT2D eigenvalue weighted by molar-refractivity contribution is 0.661. The maximum Gasteiger partial charge on any atom is 0.141 e. The lowest BCUT2D eigenvalue weighted by Crippen LogP contribution is -2.38. The van der Waals surface area contributed by atoms with Crippen LogP contribution in [-0.2, 0) is 0 Å². The van der Waals surface area contributed by atoms with Crippen molar-refractivity contribution in [1.29, 1.82) is 0 Å². The maximum absolute atomic E-state index is 3.69. The highest BCUT2D eigenvalue weighted by molar-refractivity contribution is 5.11. The van der Waals surface area contributed by atoms with E-state index in [1.165, 1.54) is 0 Å². The van der Waals surface area contributed by atoms with Crippen molar-refractivity contribution in [2.45, 2.75) is 0 Å². The summed E-state index contributed by atoms with van der Waals surface area (Å²) in [5.41, 5.74) is 0. The van der Waals surface area contributed by atoms with E-state index in [9.17, 15) is 0 Å². The first-order valence-electron chi connectivity index (χ1n) is 5.93. The summed E-state index contributed by atoms with van der Waals surface area (Å²) in [7, 11) is 0. The Morgan fingerprint density at radius 1 is 0.556 bits per heavy atom. The SMILES string of the molecule is C=CCNC(NCC=C)=C(NCC=C)NCC=C. The normalized spacial score (nSPS) is 8.67. The molecule has 18 heavy (non-hydrogen) atoms. The molecule has 0 spiro atoms. The van der Waals surface area contributed by atoms with E-state index in [0.29, 0.717) is 26.2 Å². The van der Waals surface area contributed by atoms with Crippen molar-refractivity contribution >= 4 is 0 Å². The molecule has 4 N–H and O–H groups in total. The molecule has 0 aliphatic rings. The van der Waals surface area contributed by atoms with Gasteiger partial charge in [0.1, 0.15) is 11.6 Å². The highest BCUT2D eigenvalue weighted by Gasteiger charge is 2.03. The highest BCUT2D eigenvalue weighted by Crippen LogP contribution is 1.92. The molecule has 0 radical (unpaired) electrons. The van der Waals surface area contributed by atoms with Gasteiger partial charge in [0.25, 0.3) is 0 Å². The summed E-state index contributed by atoms with van der Waals surface area (Å²) in [4.78, 5) is 0. The van der Waals surface area contributed by atoms with Gasteiger partial charge < -0.3 is 21.3 Å². The molecule has 0 rings (SSSR count). The lowest BCUT2D eigenvalue weighted by atomic mass is 10.4. The molecule has 0 aliphatic heterocycles. The second-order valence-corrected chi connectivity index (χ2v) is 3.43. The molecular formula is C14H24N4. The molecule has 100 valence electrons. The summed E-state index contributed by atoms with van der Waals surface area (Å²) in [6.07, 6.45) is 7.20. The molecule has 0 unspecified atom stereocenters. The second-order valence-electron chi connectivity index (χ2n) is 3.43. The van der Waals surface area contributed by atoms with Crippen molar-refractivity contribution in [2.75, 3.05) is 26.2 Å². The topological polar surface area (TPSA) is 48.1 Å². The van der Waals surface area contributed by atoms with E-state index in [-0.39, 0.29) is 0 Å². The largest absolute Gasteiger partial charge is 0.365 e. The van der Waals surface area contributed by atoms with Crippen LogP contribution in [0.5, 0.6) is 0 Å². The smallest absolute Gasteiger partial charge is 0.141 e. The molecule has 0 aliphatic carbocycles. The van der Waals surface area contributed by atoms with Crippen LogP contribution < -0.4 is 21.3 Å². The minimum Gasteiger partial charge on any atom is -0.365 e. The Morgan fingerprint density at radius 2 is 0.778 bits per heavy atom. The van der Waals surface area contributed by atoms with Crippen LogP contribution in [-0.4, -0.2) is 26.2 Å². The standard InChI is InChI=1S/C14H24N4/c1-5-9-15-13(16-10-6-2)14(17-11-7-3)18-12-8-4/h5-8,15-18H,1-4,9-12H2. The van der Waals surface area contributed by atoms with Crippen LogP contribution in [0.1, 0.15) is 0 Å². The van der Waals surface area contributed by atoms with E-state index in [1.54, 1.807) is 24.3 Å². The van der Waals surface area contributed by atoms with E-state index in [2.05, 4.69) is 47.6 Å². The molecular weight excluding hydrogens is 224 g/mol. The molecule has 0 aromatic rings. The van der Waals surface area contributed by atoms with Crippen LogP contribution in [0.4, 0.5) is 0 Å². The first-order valence-corrected chi connectivity index (χ1v) is 5.93. The summed E-state index contributed by atoms with van der Waals surface area (Å²) in [6, 6.07) is 0. The van der Waals surface area contributed by atoms with E-state index >= 15 is 0 Å². The predicted octanol–water partition coefficient (Wildman–Crippen LogP) is 1.22. The van der Waals surface area contributed by atoms with Crippen LogP contribution in [0, 0.1) is 0 Å². The van der Waals surface area contributed by atoms with Gasteiger partial charge >= 0.3 is 0 Å². The molecule has 0 atom stereocenters. The van der Waals surface area contributed by atoms with E-state index in [1.807, 2.05) is 0 Å². The molecule has 0 aromatic heterocycles. The zero-order chi connectivity index (χ0) is 13.6. The van der Waals surface area contributed by atoms with Gasteiger partial charge in [-0.15, -0.1) is 26.3 Å². The van der Waals surface area contributed by atoms with Crippen molar-refractivity contribution in [1.82, 2.24) is 21.3 Å². The van der Waals surface area contributed by atoms with Gasteiger partial charge in [0.15, 0.2) is 0 Å². The number of hydrogen-bond donors (Lipinski definition) is 4. The van der Waals surface area contributed by atoms with Crippen LogP contribution in [0.2, 0.25) is 0 Å². The number of nitrogens with one attached hydrogen (secondary N) is 4. The summed E-state index contributed by atoms with van der Waals surface area (Å²) in [5, 5.41) is 12.9. The predicted molar refractivity (Wildman–Crippen MR) is 79.8 cm³/mol. The van der Waals surface area contributed by atoms with Crippen LogP contribution in [0.15, 0.2) is 62.3 Å². The third-order valence-electron chi connectivity index (χ3n) is 1.94. The minimum absolute atomic E-state index is 0.675. The van der Waals surface area contributed by atoms with Crippen molar-refractivity contribution in [3.05, 3.63) is 62.3 Å². The summed E-state index contributed by atoms with van der Waals surface area (Å²) >= 11 is 0. The number of rotatable bonds is 12. The monoisotopic (exact) mass is 248 g/mol. The highest BCUT2D eigenvalue weighted by atomic mass is 15.2. The van der Waals surface area contributed by atoms with Gasteiger partial charge in [-0.05, 0) is 0 Å². The first kappa shape index (κ1) is 15.9. The van der Waals surface area contributed by atoms with Crippen molar-refractivity contribution in [2.24, 2.45) is 0 Å². The Bertz CT molecular complexity index is 247. The number of hydrogen-bond acceptors (Lipinski definition) is 4. The molecule has 0 saturated heterocycles. The van der Waals surface area contributed by atoms with Gasteiger partial charge in [0.2, 0.25) is 0 Å². The van der Waals surface area contributed by atoms with Crippen LogP contribution >= 0.6 is 0 Å². The molecule has 0 saturated carbocycles. The van der Waals surface area contributed by atoms with Gasteiger partial charge in [-0.25, -0.2) is 0 Å². The fraction of sp³-hybridized carbons (Fsp3) is 0.286. The molecule has 4 nitrogen and oxygen atoms in total.